The van der Waals surface area contributed by atoms with E-state index in [0.717, 1.165) is 12.5 Å². The van der Waals surface area contributed by atoms with E-state index in [0.29, 0.717) is 6.04 Å². The number of aryl methyl sites for hydroxylation is 2. The largest absolute Gasteiger partial charge is 0.316 e. The Morgan fingerprint density at radius 2 is 2.26 bits per heavy atom. The van der Waals surface area contributed by atoms with Gasteiger partial charge in [-0.1, -0.05) is 6.92 Å². The molecule has 1 aliphatic rings. The third-order valence-corrected chi connectivity index (χ3v) is 5.41. The molecule has 1 saturated heterocycles. The van der Waals surface area contributed by atoms with E-state index >= 15 is 0 Å². The molecule has 0 radical (unpaired) electrons. The number of hydrogen-bond donors (Lipinski definition) is 1. The highest BCUT2D eigenvalue weighted by Gasteiger charge is 2.23. The van der Waals surface area contributed by atoms with Gasteiger partial charge in [-0.05, 0) is 59.2 Å². The Morgan fingerprint density at radius 1 is 1.47 bits per heavy atom. The first kappa shape index (κ1) is 14.9. The van der Waals surface area contributed by atoms with E-state index in [-0.39, 0.29) is 0 Å². The number of thiazole rings is 1. The fourth-order valence-electron chi connectivity index (χ4n) is 3.07. The van der Waals surface area contributed by atoms with Gasteiger partial charge in [0.15, 0.2) is 0 Å². The molecule has 0 spiro atoms. The standard InChI is InChI=1S/C15H27N3S/c1-5-18(10-14-7-6-8-16-9-14)12(3)15-11(2)17-13(4)19-15/h12,14,16H,5-10H2,1-4H3. The SMILES string of the molecule is CCN(CC1CCCNC1)C(C)c1sc(C)nc1C. The van der Waals surface area contributed by atoms with Crippen LogP contribution in [0.3, 0.4) is 0 Å². The molecule has 4 heteroatoms. The Kier molecular flexibility index (Phi) is 5.37. The minimum Gasteiger partial charge on any atom is -0.316 e. The maximum Gasteiger partial charge on any atom is 0.0900 e. The molecule has 2 heterocycles. The Balaban J connectivity index is 2.01. The second-order valence-electron chi connectivity index (χ2n) is 5.66. The molecule has 2 atom stereocenters. The van der Waals surface area contributed by atoms with Gasteiger partial charge in [0, 0.05) is 17.5 Å². The van der Waals surface area contributed by atoms with E-state index in [1.165, 1.54) is 48.1 Å². The lowest BCUT2D eigenvalue weighted by Gasteiger charge is -2.33. The first-order chi connectivity index (χ1) is 9.11. The molecule has 0 aliphatic carbocycles. The maximum absolute atomic E-state index is 4.58. The summed E-state index contributed by atoms with van der Waals surface area (Å²) in [5, 5.41) is 4.71. The van der Waals surface area contributed by atoms with E-state index in [9.17, 15) is 0 Å². The number of hydrogen-bond acceptors (Lipinski definition) is 4. The third-order valence-electron chi connectivity index (χ3n) is 4.16. The summed E-state index contributed by atoms with van der Waals surface area (Å²) in [6, 6.07) is 0.498. The van der Waals surface area contributed by atoms with Crippen LogP contribution in [0.4, 0.5) is 0 Å². The van der Waals surface area contributed by atoms with E-state index in [4.69, 9.17) is 0 Å². The second-order valence-corrected chi connectivity index (χ2v) is 6.89. The summed E-state index contributed by atoms with van der Waals surface area (Å²) in [6.07, 6.45) is 2.70. The summed E-state index contributed by atoms with van der Waals surface area (Å²) in [7, 11) is 0. The Labute approximate surface area is 121 Å². The lowest BCUT2D eigenvalue weighted by Crippen LogP contribution is -2.39. The van der Waals surface area contributed by atoms with Crippen molar-refractivity contribution in [3.05, 3.63) is 15.6 Å². The molecule has 0 aromatic carbocycles. The molecule has 2 rings (SSSR count). The van der Waals surface area contributed by atoms with Crippen molar-refractivity contribution in [2.75, 3.05) is 26.2 Å². The van der Waals surface area contributed by atoms with E-state index < -0.39 is 0 Å². The van der Waals surface area contributed by atoms with Gasteiger partial charge in [0.2, 0.25) is 0 Å². The van der Waals surface area contributed by atoms with Gasteiger partial charge in [0.25, 0.3) is 0 Å². The molecule has 108 valence electrons. The van der Waals surface area contributed by atoms with Crippen molar-refractivity contribution < 1.29 is 0 Å². The van der Waals surface area contributed by atoms with E-state index in [1.807, 2.05) is 11.3 Å². The topological polar surface area (TPSA) is 28.2 Å². The normalized spacial score (nSPS) is 21.8. The van der Waals surface area contributed by atoms with Crippen LogP contribution >= 0.6 is 11.3 Å². The predicted octanol–water partition coefficient (Wildman–Crippen LogP) is 3.14. The van der Waals surface area contributed by atoms with Crippen molar-refractivity contribution >= 4 is 11.3 Å². The van der Waals surface area contributed by atoms with Gasteiger partial charge < -0.3 is 5.32 Å². The Hall–Kier alpha value is -0.450. The zero-order valence-corrected chi connectivity index (χ0v) is 13.5. The zero-order valence-electron chi connectivity index (χ0n) is 12.7. The maximum atomic E-state index is 4.58. The van der Waals surface area contributed by atoms with Crippen LogP contribution in [-0.2, 0) is 0 Å². The van der Waals surface area contributed by atoms with Crippen molar-refractivity contribution in [2.45, 2.75) is 46.6 Å². The van der Waals surface area contributed by atoms with Crippen molar-refractivity contribution in [2.24, 2.45) is 5.92 Å². The van der Waals surface area contributed by atoms with Crippen molar-refractivity contribution in [1.82, 2.24) is 15.2 Å². The lowest BCUT2D eigenvalue weighted by atomic mass is 9.98. The first-order valence-corrected chi connectivity index (χ1v) is 8.32. The molecule has 0 saturated carbocycles. The zero-order chi connectivity index (χ0) is 13.8. The van der Waals surface area contributed by atoms with Crippen LogP contribution in [0.1, 0.15) is 48.3 Å². The Bertz CT molecular complexity index is 396. The molecular formula is C15H27N3S. The summed E-state index contributed by atoms with van der Waals surface area (Å²) in [4.78, 5) is 8.63. The number of rotatable bonds is 5. The number of nitrogens with one attached hydrogen (secondary N) is 1. The van der Waals surface area contributed by atoms with E-state index in [1.54, 1.807) is 0 Å². The van der Waals surface area contributed by atoms with E-state index in [2.05, 4.69) is 42.9 Å². The fraction of sp³-hybridized carbons (Fsp3) is 0.800. The highest BCUT2D eigenvalue weighted by atomic mass is 32.1. The molecule has 2 unspecified atom stereocenters. The molecule has 19 heavy (non-hydrogen) atoms. The number of piperidine rings is 1. The van der Waals surface area contributed by atoms with Gasteiger partial charge >= 0.3 is 0 Å². The quantitative estimate of drug-likeness (QED) is 0.898. The second kappa shape index (κ2) is 6.82. The molecule has 1 aliphatic heterocycles. The summed E-state index contributed by atoms with van der Waals surface area (Å²) >= 11 is 1.86. The average molecular weight is 281 g/mol. The molecule has 1 fully saturated rings. The molecule has 0 amide bonds. The predicted molar refractivity (Wildman–Crippen MR) is 82.8 cm³/mol. The minimum absolute atomic E-state index is 0.498. The van der Waals surface area contributed by atoms with Gasteiger partial charge in [-0.25, -0.2) is 4.98 Å². The van der Waals surface area contributed by atoms with Gasteiger partial charge in [0.05, 0.1) is 10.7 Å². The van der Waals surface area contributed by atoms with Gasteiger partial charge in [-0.3, -0.25) is 4.90 Å². The third kappa shape index (κ3) is 3.77. The van der Waals surface area contributed by atoms with Crippen LogP contribution in [-0.4, -0.2) is 36.1 Å². The van der Waals surface area contributed by atoms with Gasteiger partial charge in [0.1, 0.15) is 0 Å². The van der Waals surface area contributed by atoms with Crippen LogP contribution in [0.2, 0.25) is 0 Å². The van der Waals surface area contributed by atoms with Crippen molar-refractivity contribution in [1.29, 1.82) is 0 Å². The smallest absolute Gasteiger partial charge is 0.0900 e. The van der Waals surface area contributed by atoms with Crippen LogP contribution < -0.4 is 5.32 Å². The van der Waals surface area contributed by atoms with Crippen LogP contribution in [0.25, 0.3) is 0 Å². The van der Waals surface area contributed by atoms with Crippen LogP contribution in [0.15, 0.2) is 0 Å². The van der Waals surface area contributed by atoms with Crippen molar-refractivity contribution in [3.63, 3.8) is 0 Å². The molecular weight excluding hydrogens is 254 g/mol. The summed E-state index contributed by atoms with van der Waals surface area (Å²) in [5.41, 5.74) is 1.22. The summed E-state index contributed by atoms with van der Waals surface area (Å²) < 4.78 is 0. The molecule has 0 bridgehead atoms. The highest BCUT2D eigenvalue weighted by molar-refractivity contribution is 7.11. The molecule has 1 aromatic heterocycles. The Morgan fingerprint density at radius 3 is 2.79 bits per heavy atom. The van der Waals surface area contributed by atoms with Gasteiger partial charge in [-0.15, -0.1) is 11.3 Å². The minimum atomic E-state index is 0.498. The monoisotopic (exact) mass is 281 g/mol. The lowest BCUT2D eigenvalue weighted by molar-refractivity contribution is 0.172. The average Bonchev–Trinajstić information content (AvgIpc) is 2.75. The first-order valence-electron chi connectivity index (χ1n) is 7.50. The van der Waals surface area contributed by atoms with Crippen molar-refractivity contribution in [3.8, 4) is 0 Å². The fourth-order valence-corrected chi connectivity index (χ4v) is 4.09. The molecule has 1 N–H and O–H groups in total. The number of aromatic nitrogens is 1. The number of nitrogens with zero attached hydrogens (tertiary/aromatic N) is 2. The molecule has 3 nitrogen and oxygen atoms in total. The van der Waals surface area contributed by atoms with Gasteiger partial charge in [-0.2, -0.15) is 0 Å². The summed E-state index contributed by atoms with van der Waals surface area (Å²) in [5.74, 6) is 0.811. The van der Waals surface area contributed by atoms with Crippen LogP contribution in [0.5, 0.6) is 0 Å². The highest BCUT2D eigenvalue weighted by Crippen LogP contribution is 2.29. The molecule has 1 aromatic rings. The summed E-state index contributed by atoms with van der Waals surface area (Å²) in [6.45, 7) is 13.6. The van der Waals surface area contributed by atoms with Crippen LogP contribution in [0, 0.1) is 19.8 Å².